The van der Waals surface area contributed by atoms with Crippen LogP contribution in [0.15, 0.2) is 81.1 Å². The Hall–Kier alpha value is -3.91. The van der Waals surface area contributed by atoms with Crippen LogP contribution >= 0.6 is 11.8 Å². The molecule has 8 heteroatoms. The van der Waals surface area contributed by atoms with Crippen LogP contribution in [0.25, 0.3) is 27.8 Å². The molecule has 0 spiro atoms. The SMILES string of the molecule is Cc1cc(C)cc(-n2c(SCC(=O)Nc3ccc(F)cc3)nc3c(oc4ccccc43)c2=O)c1. The lowest BCUT2D eigenvalue weighted by molar-refractivity contribution is -0.113. The number of fused-ring (bicyclic) bond motifs is 3. The monoisotopic (exact) mass is 473 g/mol. The highest BCUT2D eigenvalue weighted by Crippen LogP contribution is 2.29. The van der Waals surface area contributed by atoms with Gasteiger partial charge in [0.05, 0.1) is 11.4 Å². The number of carbonyl (C=O) groups excluding carboxylic acids is 1. The molecule has 0 atom stereocenters. The summed E-state index contributed by atoms with van der Waals surface area (Å²) in [6.07, 6.45) is 0. The second-order valence-electron chi connectivity index (χ2n) is 8.00. The second-order valence-corrected chi connectivity index (χ2v) is 8.94. The van der Waals surface area contributed by atoms with Gasteiger partial charge in [0.25, 0.3) is 0 Å². The number of aromatic nitrogens is 2. The Morgan fingerprint density at radius 1 is 1.06 bits per heavy atom. The minimum atomic E-state index is -0.380. The molecule has 0 unspecified atom stereocenters. The number of nitrogens with zero attached hydrogens (tertiary/aromatic N) is 2. The number of benzene rings is 3. The van der Waals surface area contributed by atoms with Crippen LogP contribution < -0.4 is 10.9 Å². The highest BCUT2D eigenvalue weighted by molar-refractivity contribution is 7.99. The average Bonchev–Trinajstić information content (AvgIpc) is 3.18. The minimum absolute atomic E-state index is 0.00983. The molecule has 0 aliphatic carbocycles. The van der Waals surface area contributed by atoms with Crippen molar-refractivity contribution in [3.63, 3.8) is 0 Å². The fourth-order valence-electron chi connectivity index (χ4n) is 3.89. The van der Waals surface area contributed by atoms with E-state index < -0.39 is 0 Å². The first-order valence-electron chi connectivity index (χ1n) is 10.6. The van der Waals surface area contributed by atoms with E-state index in [1.807, 2.05) is 50.2 Å². The predicted octanol–water partition coefficient (Wildman–Crippen LogP) is 5.62. The molecule has 170 valence electrons. The van der Waals surface area contributed by atoms with Crippen molar-refractivity contribution in [3.8, 4) is 5.69 Å². The van der Waals surface area contributed by atoms with E-state index in [1.54, 1.807) is 6.07 Å². The molecule has 2 aromatic heterocycles. The number of aryl methyl sites for hydroxylation is 2. The van der Waals surface area contributed by atoms with E-state index in [1.165, 1.54) is 28.8 Å². The largest absolute Gasteiger partial charge is 0.448 e. The summed E-state index contributed by atoms with van der Waals surface area (Å²) in [6, 6.07) is 18.7. The Balaban J connectivity index is 1.58. The molecule has 0 saturated carbocycles. The Bertz CT molecular complexity index is 1590. The minimum Gasteiger partial charge on any atom is -0.448 e. The normalized spacial score (nSPS) is 11.3. The van der Waals surface area contributed by atoms with Gasteiger partial charge in [-0.05, 0) is 73.5 Å². The number of para-hydroxylation sites is 1. The summed E-state index contributed by atoms with van der Waals surface area (Å²) in [7, 11) is 0. The first kappa shape index (κ1) is 21.9. The highest BCUT2D eigenvalue weighted by atomic mass is 32.2. The van der Waals surface area contributed by atoms with Crippen molar-refractivity contribution in [2.24, 2.45) is 0 Å². The van der Waals surface area contributed by atoms with Crippen LogP contribution in [0.5, 0.6) is 0 Å². The van der Waals surface area contributed by atoms with Crippen molar-refractivity contribution < 1.29 is 13.6 Å². The zero-order chi connectivity index (χ0) is 23.8. The topological polar surface area (TPSA) is 77.1 Å². The lowest BCUT2D eigenvalue weighted by atomic mass is 10.1. The lowest BCUT2D eigenvalue weighted by Gasteiger charge is -2.13. The molecule has 0 saturated heterocycles. The van der Waals surface area contributed by atoms with Gasteiger partial charge in [0.15, 0.2) is 5.16 Å². The maximum Gasteiger partial charge on any atom is 0.302 e. The van der Waals surface area contributed by atoms with E-state index in [0.29, 0.717) is 27.6 Å². The van der Waals surface area contributed by atoms with Crippen LogP contribution in [-0.4, -0.2) is 21.2 Å². The van der Waals surface area contributed by atoms with Gasteiger partial charge >= 0.3 is 5.56 Å². The fraction of sp³-hybridized carbons (Fsp3) is 0.115. The van der Waals surface area contributed by atoms with Gasteiger partial charge in [0, 0.05) is 11.1 Å². The molecule has 3 aromatic carbocycles. The molecular formula is C26H20FN3O3S. The Labute approximate surface area is 198 Å². The third-order valence-electron chi connectivity index (χ3n) is 5.29. The van der Waals surface area contributed by atoms with Gasteiger partial charge in [-0.3, -0.25) is 14.2 Å². The summed E-state index contributed by atoms with van der Waals surface area (Å²) in [5.41, 5.74) is 4.00. The Kier molecular flexibility index (Phi) is 5.67. The molecule has 0 bridgehead atoms. The molecule has 6 nitrogen and oxygen atoms in total. The average molecular weight is 474 g/mol. The zero-order valence-electron chi connectivity index (χ0n) is 18.5. The van der Waals surface area contributed by atoms with Gasteiger partial charge in [-0.15, -0.1) is 0 Å². The maximum atomic E-state index is 13.6. The van der Waals surface area contributed by atoms with Gasteiger partial charge in [-0.25, -0.2) is 9.37 Å². The van der Waals surface area contributed by atoms with E-state index in [-0.39, 0.29) is 28.6 Å². The number of nitrogens with one attached hydrogen (secondary N) is 1. The van der Waals surface area contributed by atoms with E-state index in [9.17, 15) is 14.0 Å². The fourth-order valence-corrected chi connectivity index (χ4v) is 4.69. The first-order chi connectivity index (χ1) is 16.4. The van der Waals surface area contributed by atoms with Gasteiger partial charge in [0.1, 0.15) is 16.9 Å². The van der Waals surface area contributed by atoms with Crippen molar-refractivity contribution in [3.05, 3.63) is 94.0 Å². The maximum absolute atomic E-state index is 13.6. The standard InChI is InChI=1S/C26H20FN3O3S/c1-15-11-16(2)13-19(12-15)30-25(32)24-23(20-5-3-4-6-21(20)33-24)29-26(30)34-14-22(31)28-18-9-7-17(27)8-10-18/h3-13H,14H2,1-2H3,(H,28,31). The van der Waals surface area contributed by atoms with Crippen LogP contribution in [0.1, 0.15) is 11.1 Å². The number of carbonyl (C=O) groups is 1. The van der Waals surface area contributed by atoms with Crippen molar-refractivity contribution in [2.45, 2.75) is 19.0 Å². The van der Waals surface area contributed by atoms with Gasteiger partial charge in [0.2, 0.25) is 11.5 Å². The Morgan fingerprint density at radius 3 is 2.50 bits per heavy atom. The van der Waals surface area contributed by atoms with Crippen LogP contribution in [-0.2, 0) is 4.79 Å². The van der Waals surface area contributed by atoms with E-state index in [4.69, 9.17) is 9.40 Å². The molecule has 0 radical (unpaired) electrons. The number of halogens is 1. The molecule has 1 N–H and O–H groups in total. The summed E-state index contributed by atoms with van der Waals surface area (Å²) < 4.78 is 20.5. The first-order valence-corrected chi connectivity index (χ1v) is 11.6. The molecular weight excluding hydrogens is 453 g/mol. The highest BCUT2D eigenvalue weighted by Gasteiger charge is 2.20. The lowest BCUT2D eigenvalue weighted by Crippen LogP contribution is -2.22. The van der Waals surface area contributed by atoms with Crippen LogP contribution in [0, 0.1) is 19.7 Å². The second kappa shape index (κ2) is 8.79. The molecule has 5 aromatic rings. The summed E-state index contributed by atoms with van der Waals surface area (Å²) in [6.45, 7) is 3.91. The molecule has 2 heterocycles. The number of hydrogen-bond acceptors (Lipinski definition) is 5. The van der Waals surface area contributed by atoms with E-state index >= 15 is 0 Å². The Morgan fingerprint density at radius 2 is 1.76 bits per heavy atom. The van der Waals surface area contributed by atoms with Crippen molar-refractivity contribution in [2.75, 3.05) is 11.1 Å². The number of anilines is 1. The molecule has 0 fully saturated rings. The number of hydrogen-bond donors (Lipinski definition) is 1. The molecule has 5 rings (SSSR count). The number of thioether (sulfide) groups is 1. The summed E-state index contributed by atoms with van der Waals surface area (Å²) >= 11 is 1.15. The van der Waals surface area contributed by atoms with Crippen molar-refractivity contribution in [1.29, 1.82) is 0 Å². The van der Waals surface area contributed by atoms with Gasteiger partial charge < -0.3 is 9.73 Å². The molecule has 0 aliphatic rings. The van der Waals surface area contributed by atoms with E-state index in [0.717, 1.165) is 28.3 Å². The zero-order valence-corrected chi connectivity index (χ0v) is 19.3. The third-order valence-corrected chi connectivity index (χ3v) is 6.23. The van der Waals surface area contributed by atoms with Crippen molar-refractivity contribution in [1.82, 2.24) is 9.55 Å². The van der Waals surface area contributed by atoms with Crippen LogP contribution in [0.2, 0.25) is 0 Å². The van der Waals surface area contributed by atoms with Gasteiger partial charge in [-0.2, -0.15) is 0 Å². The number of amides is 1. The number of rotatable bonds is 5. The third kappa shape index (κ3) is 4.20. The smallest absolute Gasteiger partial charge is 0.302 e. The molecule has 1 amide bonds. The van der Waals surface area contributed by atoms with E-state index in [2.05, 4.69) is 5.32 Å². The quantitative estimate of drug-likeness (QED) is 0.265. The van der Waals surface area contributed by atoms with Gasteiger partial charge in [-0.1, -0.05) is 30.0 Å². The predicted molar refractivity (Wildman–Crippen MR) is 132 cm³/mol. The van der Waals surface area contributed by atoms with Crippen molar-refractivity contribution >= 4 is 45.4 Å². The summed E-state index contributed by atoms with van der Waals surface area (Å²) in [4.78, 5) is 30.9. The van der Waals surface area contributed by atoms with Crippen LogP contribution in [0.4, 0.5) is 10.1 Å². The van der Waals surface area contributed by atoms with Crippen LogP contribution in [0.3, 0.4) is 0 Å². The number of furan rings is 1. The summed E-state index contributed by atoms with van der Waals surface area (Å²) in [5, 5.41) is 3.85. The molecule has 0 aliphatic heterocycles. The summed E-state index contributed by atoms with van der Waals surface area (Å²) in [5.74, 6) is -0.666. The molecule has 34 heavy (non-hydrogen) atoms.